The Morgan fingerprint density at radius 3 is 2.64 bits per heavy atom. The van der Waals surface area contributed by atoms with Crippen LogP contribution in [0.25, 0.3) is 22.1 Å². The maximum Gasteiger partial charge on any atom is 0.406 e. The zero-order valence-electron chi connectivity index (χ0n) is 22.2. The lowest BCUT2D eigenvalue weighted by Crippen LogP contribution is -2.45. The lowest BCUT2D eigenvalue weighted by molar-refractivity contribution is -0.166. The van der Waals surface area contributed by atoms with Crippen molar-refractivity contribution in [3.63, 3.8) is 0 Å². The number of aromatic nitrogens is 5. The third-order valence-electron chi connectivity index (χ3n) is 8.17. The highest BCUT2D eigenvalue weighted by molar-refractivity contribution is 6.39. The molecule has 0 bridgehead atoms. The van der Waals surface area contributed by atoms with Crippen LogP contribution in [0, 0.1) is 5.92 Å². The molecule has 2 N–H and O–H groups in total. The number of nitrogens with one attached hydrogen (secondary N) is 2. The van der Waals surface area contributed by atoms with E-state index in [-0.39, 0.29) is 42.2 Å². The maximum atomic E-state index is 13.6. The number of carbonyl (C=O) groups excluding carboxylic acids is 2. The molecule has 3 aromatic heterocycles. The van der Waals surface area contributed by atoms with E-state index >= 15 is 0 Å². The van der Waals surface area contributed by atoms with Crippen LogP contribution in [0.1, 0.15) is 42.9 Å². The van der Waals surface area contributed by atoms with Crippen molar-refractivity contribution in [2.75, 3.05) is 19.6 Å². The van der Waals surface area contributed by atoms with Gasteiger partial charge in [0.15, 0.2) is 5.65 Å². The van der Waals surface area contributed by atoms with Gasteiger partial charge in [0, 0.05) is 49.6 Å². The molecule has 1 atom stereocenters. The number of piperidine rings is 1. The highest BCUT2D eigenvalue weighted by Gasteiger charge is 2.39. The van der Waals surface area contributed by atoms with Crippen molar-refractivity contribution in [3.8, 4) is 0 Å². The molecular formula is C27H26Cl2F3N7O3. The van der Waals surface area contributed by atoms with Crippen molar-refractivity contribution >= 4 is 57.1 Å². The monoisotopic (exact) mass is 623 g/mol. The Balaban J connectivity index is 1.20. The van der Waals surface area contributed by atoms with Gasteiger partial charge in [0.25, 0.3) is 0 Å². The molecule has 1 saturated heterocycles. The topological polar surface area (TPSA) is 120 Å². The lowest BCUT2D eigenvalue weighted by Gasteiger charge is -2.35. The summed E-state index contributed by atoms with van der Waals surface area (Å²) in [6.07, 6.45) is -1.75. The third kappa shape index (κ3) is 5.35. The summed E-state index contributed by atoms with van der Waals surface area (Å²) in [7, 11) is 0. The molecule has 15 heteroatoms. The number of hydrogen-bond acceptors (Lipinski definition) is 5. The third-order valence-corrected chi connectivity index (χ3v) is 8.74. The van der Waals surface area contributed by atoms with Crippen LogP contribution in [0.4, 0.5) is 13.2 Å². The second-order valence-corrected chi connectivity index (χ2v) is 11.6. The minimum Gasteiger partial charge on any atom is -0.343 e. The van der Waals surface area contributed by atoms with Crippen molar-refractivity contribution in [1.82, 2.24) is 34.5 Å². The molecule has 6 rings (SSSR count). The van der Waals surface area contributed by atoms with Crippen molar-refractivity contribution < 1.29 is 22.8 Å². The number of rotatable bonds is 4. The number of imidazole rings is 1. The standard InChI is InChI=1S/C27H26Cl2F3N7O3/c28-18-10-14-3-4-15(25(41)38(13-27(30,31)32)12-17(14)21-22(18)35-36-23(21)29)11-20(40)37-8-5-16(6-9-37)39-19-2-1-7-33-24(19)34-26(39)42/h1-2,7,10,15-16H,3-6,8-9,11-13H2,(H,35,36)(H,33,34,42)/t15-/m0/s1. The van der Waals surface area contributed by atoms with Gasteiger partial charge in [-0.05, 0) is 55.0 Å². The largest absolute Gasteiger partial charge is 0.406 e. The van der Waals surface area contributed by atoms with Gasteiger partial charge in [0.2, 0.25) is 11.8 Å². The predicted molar refractivity (Wildman–Crippen MR) is 149 cm³/mol. The van der Waals surface area contributed by atoms with E-state index in [1.807, 2.05) is 6.07 Å². The average molecular weight is 624 g/mol. The molecule has 1 aromatic carbocycles. The number of carbonyl (C=O) groups is 2. The quantitative estimate of drug-likeness (QED) is 0.344. The Kier molecular flexibility index (Phi) is 7.42. The SMILES string of the molecule is O=C(C[C@@H]1CCc2cc(Cl)c3n[nH]c(Cl)c3c2CN(CC(F)(F)F)C1=O)N1CCC(n2c(=O)[nH]c3ncccc32)CC1. The Bertz CT molecular complexity index is 1740. The first kappa shape index (κ1) is 28.5. The van der Waals surface area contributed by atoms with Crippen LogP contribution in [0.2, 0.25) is 10.2 Å². The summed E-state index contributed by atoms with van der Waals surface area (Å²) in [5, 5.41) is 7.48. The molecule has 5 heterocycles. The van der Waals surface area contributed by atoms with E-state index in [9.17, 15) is 27.6 Å². The second-order valence-electron chi connectivity index (χ2n) is 10.8. The summed E-state index contributed by atoms with van der Waals surface area (Å²) < 4.78 is 42.5. The molecule has 2 amide bonds. The molecule has 1 fully saturated rings. The summed E-state index contributed by atoms with van der Waals surface area (Å²) in [4.78, 5) is 48.7. The molecule has 4 aromatic rings. The molecule has 0 unspecified atom stereocenters. The van der Waals surface area contributed by atoms with Gasteiger partial charge < -0.3 is 9.80 Å². The molecule has 0 saturated carbocycles. The summed E-state index contributed by atoms with van der Waals surface area (Å²) in [6.45, 7) is -1.10. The van der Waals surface area contributed by atoms with Gasteiger partial charge in [-0.15, -0.1) is 0 Å². The molecule has 2 aliphatic heterocycles. The maximum absolute atomic E-state index is 13.6. The molecule has 10 nitrogen and oxygen atoms in total. The van der Waals surface area contributed by atoms with Gasteiger partial charge in [0.1, 0.15) is 17.2 Å². The van der Waals surface area contributed by atoms with Gasteiger partial charge in [-0.2, -0.15) is 18.3 Å². The molecule has 0 radical (unpaired) electrons. The van der Waals surface area contributed by atoms with E-state index in [1.165, 1.54) is 0 Å². The highest BCUT2D eigenvalue weighted by Crippen LogP contribution is 2.37. The van der Waals surface area contributed by atoms with Crippen molar-refractivity contribution in [1.29, 1.82) is 0 Å². The number of aromatic amines is 2. The van der Waals surface area contributed by atoms with Crippen LogP contribution in [0.5, 0.6) is 0 Å². The Morgan fingerprint density at radius 2 is 1.90 bits per heavy atom. The zero-order chi connectivity index (χ0) is 29.8. The van der Waals surface area contributed by atoms with Gasteiger partial charge in [-0.25, -0.2) is 9.78 Å². The van der Waals surface area contributed by atoms with E-state index in [0.29, 0.717) is 70.6 Å². The molecule has 42 heavy (non-hydrogen) atoms. The van der Waals surface area contributed by atoms with E-state index in [0.717, 1.165) is 4.90 Å². The smallest absolute Gasteiger partial charge is 0.343 e. The Hall–Kier alpha value is -3.58. The average Bonchev–Trinajstić information content (AvgIpc) is 3.50. The molecular weight excluding hydrogens is 598 g/mol. The number of fused-ring (bicyclic) bond motifs is 4. The highest BCUT2D eigenvalue weighted by atomic mass is 35.5. The second kappa shape index (κ2) is 10.9. The van der Waals surface area contributed by atoms with E-state index in [4.69, 9.17) is 23.2 Å². The molecule has 2 aliphatic rings. The van der Waals surface area contributed by atoms with Gasteiger partial charge in [-0.3, -0.25) is 24.2 Å². The Labute approximate surface area is 246 Å². The number of H-pyrrole nitrogens is 2. The summed E-state index contributed by atoms with van der Waals surface area (Å²) >= 11 is 12.7. The number of amides is 2. The lowest BCUT2D eigenvalue weighted by atomic mass is 9.88. The molecule has 0 aliphatic carbocycles. The first-order valence-corrected chi connectivity index (χ1v) is 14.3. The predicted octanol–water partition coefficient (Wildman–Crippen LogP) is 4.61. The van der Waals surface area contributed by atoms with Crippen molar-refractivity contribution in [3.05, 3.63) is 56.2 Å². The van der Waals surface area contributed by atoms with Gasteiger partial charge in [0.05, 0.1) is 10.5 Å². The van der Waals surface area contributed by atoms with Crippen LogP contribution in [-0.2, 0) is 22.6 Å². The van der Waals surface area contributed by atoms with Gasteiger partial charge >= 0.3 is 11.9 Å². The van der Waals surface area contributed by atoms with Gasteiger partial charge in [-0.1, -0.05) is 23.2 Å². The van der Waals surface area contributed by atoms with Crippen molar-refractivity contribution in [2.24, 2.45) is 5.92 Å². The number of benzene rings is 1. The first-order chi connectivity index (χ1) is 20.0. The van der Waals surface area contributed by atoms with Crippen LogP contribution in [0.3, 0.4) is 0 Å². The summed E-state index contributed by atoms with van der Waals surface area (Å²) in [5.74, 6) is -1.98. The zero-order valence-corrected chi connectivity index (χ0v) is 23.7. The number of likely N-dealkylation sites (tertiary alicyclic amines) is 1. The van der Waals surface area contributed by atoms with E-state index in [2.05, 4.69) is 20.2 Å². The fourth-order valence-electron chi connectivity index (χ4n) is 6.20. The summed E-state index contributed by atoms with van der Waals surface area (Å²) in [5.41, 5.74) is 2.35. The number of nitrogens with zero attached hydrogens (tertiary/aromatic N) is 5. The van der Waals surface area contributed by atoms with Crippen molar-refractivity contribution in [2.45, 2.75) is 50.9 Å². The summed E-state index contributed by atoms with van der Waals surface area (Å²) in [6, 6.07) is 5.06. The number of hydrogen-bond donors (Lipinski definition) is 2. The van der Waals surface area contributed by atoms with Crippen LogP contribution >= 0.6 is 23.2 Å². The number of aryl methyl sites for hydroxylation is 1. The fourth-order valence-corrected chi connectivity index (χ4v) is 6.71. The van der Waals surface area contributed by atoms with Crippen LogP contribution < -0.4 is 5.69 Å². The molecule has 0 spiro atoms. The fraction of sp³-hybridized carbons (Fsp3) is 0.444. The number of alkyl halides is 3. The molecule has 222 valence electrons. The minimum absolute atomic E-state index is 0.130. The Morgan fingerprint density at radius 1 is 1.14 bits per heavy atom. The first-order valence-electron chi connectivity index (χ1n) is 13.5. The van der Waals surface area contributed by atoms with E-state index < -0.39 is 24.5 Å². The van der Waals surface area contributed by atoms with Crippen LogP contribution in [0.15, 0.2) is 29.2 Å². The van der Waals surface area contributed by atoms with E-state index in [1.54, 1.807) is 27.8 Å². The minimum atomic E-state index is -4.65. The van der Waals surface area contributed by atoms with Crippen LogP contribution in [-0.4, -0.2) is 72.2 Å². The normalized spacial score (nSPS) is 18.9. The number of halogens is 5. The number of pyridine rings is 1.